The lowest BCUT2D eigenvalue weighted by Crippen LogP contribution is -2.02. The topological polar surface area (TPSA) is 17.1 Å². The predicted octanol–water partition coefficient (Wildman–Crippen LogP) is 5.19. The van der Waals surface area contributed by atoms with Crippen LogP contribution in [0.15, 0.2) is 54.6 Å². The van der Waals surface area contributed by atoms with Crippen LogP contribution in [0.2, 0.25) is 0 Å². The molecule has 4 rings (SSSR count). The second kappa shape index (κ2) is 4.81. The predicted molar refractivity (Wildman–Crippen MR) is 91.3 cm³/mol. The smallest absolute Gasteiger partial charge is 0.166 e. The Morgan fingerprint density at radius 1 is 0.818 bits per heavy atom. The molecule has 1 aliphatic rings. The fourth-order valence-electron chi connectivity index (χ4n) is 3.64. The first-order valence-corrected chi connectivity index (χ1v) is 7.81. The van der Waals surface area contributed by atoms with Crippen molar-refractivity contribution in [1.29, 1.82) is 0 Å². The minimum absolute atomic E-state index is 0.105. The molecule has 1 aliphatic carbocycles. The van der Waals surface area contributed by atoms with Crippen molar-refractivity contribution in [3.63, 3.8) is 0 Å². The van der Waals surface area contributed by atoms with Crippen LogP contribution in [0.3, 0.4) is 0 Å². The summed E-state index contributed by atoms with van der Waals surface area (Å²) in [5, 5.41) is 2.55. The summed E-state index contributed by atoms with van der Waals surface area (Å²) in [6.07, 6.45) is 0.854. The molecule has 0 heterocycles. The Kier molecular flexibility index (Phi) is 2.90. The molecule has 108 valence electrons. The van der Waals surface area contributed by atoms with Gasteiger partial charge >= 0.3 is 0 Å². The van der Waals surface area contributed by atoms with Gasteiger partial charge in [0.05, 0.1) is 0 Å². The highest BCUT2D eigenvalue weighted by Crippen LogP contribution is 2.38. The van der Waals surface area contributed by atoms with Crippen LogP contribution in [0.1, 0.15) is 28.4 Å². The van der Waals surface area contributed by atoms with Crippen molar-refractivity contribution in [2.75, 3.05) is 0 Å². The molecule has 0 bridgehead atoms. The van der Waals surface area contributed by atoms with Crippen LogP contribution in [-0.2, 0) is 6.42 Å². The van der Waals surface area contributed by atoms with E-state index in [0.29, 0.717) is 0 Å². The van der Waals surface area contributed by atoms with E-state index in [9.17, 15) is 4.79 Å². The quantitative estimate of drug-likeness (QED) is 0.601. The summed E-state index contributed by atoms with van der Waals surface area (Å²) in [5.41, 5.74) is 5.87. The molecule has 1 atom stereocenters. The van der Waals surface area contributed by atoms with Crippen LogP contribution in [0.4, 0.5) is 0 Å². The summed E-state index contributed by atoms with van der Waals surface area (Å²) in [4.78, 5) is 12.3. The van der Waals surface area contributed by atoms with Crippen molar-refractivity contribution in [3.8, 4) is 11.1 Å². The molecule has 0 saturated heterocycles. The number of benzene rings is 3. The second-order valence-corrected chi connectivity index (χ2v) is 6.28. The van der Waals surface area contributed by atoms with E-state index in [-0.39, 0.29) is 11.7 Å². The third-order valence-corrected chi connectivity index (χ3v) is 4.83. The zero-order valence-corrected chi connectivity index (χ0v) is 12.9. The zero-order valence-electron chi connectivity index (χ0n) is 12.9. The first kappa shape index (κ1) is 13.3. The van der Waals surface area contributed by atoms with Gasteiger partial charge in [-0.2, -0.15) is 0 Å². The molecule has 0 aliphatic heterocycles. The monoisotopic (exact) mass is 286 g/mol. The molecule has 0 N–H and O–H groups in total. The molecule has 1 unspecified atom stereocenters. The fourth-order valence-corrected chi connectivity index (χ4v) is 3.64. The molecule has 0 radical (unpaired) electrons. The lowest BCUT2D eigenvalue weighted by Gasteiger charge is -2.12. The van der Waals surface area contributed by atoms with Crippen molar-refractivity contribution < 1.29 is 4.79 Å². The Balaban J connectivity index is 2.03. The summed E-state index contributed by atoms with van der Waals surface area (Å²) in [5.74, 6) is 0.390. The van der Waals surface area contributed by atoms with Crippen LogP contribution in [-0.4, -0.2) is 5.78 Å². The number of carbonyl (C=O) groups is 1. The van der Waals surface area contributed by atoms with Gasteiger partial charge < -0.3 is 0 Å². The van der Waals surface area contributed by atoms with Gasteiger partial charge in [-0.05, 0) is 46.4 Å². The minimum atomic E-state index is 0.105. The van der Waals surface area contributed by atoms with Crippen molar-refractivity contribution in [2.45, 2.75) is 20.3 Å². The Labute approximate surface area is 130 Å². The number of aryl methyl sites for hydroxylation is 1. The van der Waals surface area contributed by atoms with Gasteiger partial charge in [0.2, 0.25) is 0 Å². The van der Waals surface area contributed by atoms with Crippen LogP contribution in [0.25, 0.3) is 21.9 Å². The fraction of sp³-hybridized carbons (Fsp3) is 0.190. The van der Waals surface area contributed by atoms with Crippen LogP contribution in [0, 0.1) is 12.8 Å². The third-order valence-electron chi connectivity index (χ3n) is 4.83. The van der Waals surface area contributed by atoms with Crippen molar-refractivity contribution in [2.24, 2.45) is 5.92 Å². The first-order chi connectivity index (χ1) is 10.7. The molecule has 0 aromatic heterocycles. The molecule has 1 heteroatoms. The lowest BCUT2D eigenvalue weighted by atomic mass is 9.91. The molecule has 0 fully saturated rings. The Morgan fingerprint density at radius 3 is 2.36 bits per heavy atom. The van der Waals surface area contributed by atoms with E-state index in [1.165, 1.54) is 33.0 Å². The highest BCUT2D eigenvalue weighted by atomic mass is 16.1. The van der Waals surface area contributed by atoms with Gasteiger partial charge in [0.25, 0.3) is 0 Å². The van der Waals surface area contributed by atoms with E-state index in [4.69, 9.17) is 0 Å². The molecular weight excluding hydrogens is 268 g/mol. The summed E-state index contributed by atoms with van der Waals surface area (Å²) >= 11 is 0. The average Bonchev–Trinajstić information content (AvgIpc) is 2.84. The maximum Gasteiger partial charge on any atom is 0.166 e. The summed E-state index contributed by atoms with van der Waals surface area (Å²) < 4.78 is 0. The standard InChI is InChI=1S/C21H18O/c1-13-10-11-18(16-7-4-3-6-15(13)16)17-8-5-9-19-20(17)12-14(2)21(19)22/h3-11,14H,12H2,1-2H3. The highest BCUT2D eigenvalue weighted by molar-refractivity contribution is 6.06. The average molecular weight is 286 g/mol. The SMILES string of the molecule is Cc1ccc(-c2cccc3c2CC(C)C3=O)c2ccccc12. The number of Topliss-reactive ketones (excluding diaryl/α,β-unsaturated/α-hetero) is 1. The minimum Gasteiger partial charge on any atom is -0.294 e. The van der Waals surface area contributed by atoms with Crippen molar-refractivity contribution >= 4 is 16.6 Å². The van der Waals surface area contributed by atoms with E-state index in [2.05, 4.69) is 49.4 Å². The number of hydrogen-bond donors (Lipinski definition) is 0. The van der Waals surface area contributed by atoms with Gasteiger partial charge in [-0.1, -0.05) is 61.5 Å². The van der Waals surface area contributed by atoms with Crippen LogP contribution >= 0.6 is 0 Å². The first-order valence-electron chi connectivity index (χ1n) is 7.81. The normalized spacial score (nSPS) is 17.0. The van der Waals surface area contributed by atoms with Crippen LogP contribution in [0.5, 0.6) is 0 Å². The number of hydrogen-bond acceptors (Lipinski definition) is 1. The maximum atomic E-state index is 12.3. The van der Waals surface area contributed by atoms with E-state index >= 15 is 0 Å². The summed E-state index contributed by atoms with van der Waals surface area (Å²) in [6, 6.07) is 19.0. The Morgan fingerprint density at radius 2 is 1.55 bits per heavy atom. The number of carbonyl (C=O) groups excluding carboxylic acids is 1. The van der Waals surface area contributed by atoms with E-state index in [0.717, 1.165) is 12.0 Å². The number of ketones is 1. The van der Waals surface area contributed by atoms with Gasteiger partial charge in [0.15, 0.2) is 5.78 Å². The van der Waals surface area contributed by atoms with Crippen molar-refractivity contribution in [3.05, 3.63) is 71.3 Å². The zero-order chi connectivity index (χ0) is 15.3. The van der Waals surface area contributed by atoms with E-state index in [1.807, 2.05) is 19.1 Å². The Hall–Kier alpha value is -2.41. The molecule has 3 aromatic carbocycles. The number of fused-ring (bicyclic) bond motifs is 2. The van der Waals surface area contributed by atoms with Crippen LogP contribution < -0.4 is 0 Å². The Bertz CT molecular complexity index is 905. The van der Waals surface area contributed by atoms with Gasteiger partial charge in [-0.15, -0.1) is 0 Å². The van der Waals surface area contributed by atoms with E-state index < -0.39 is 0 Å². The molecule has 22 heavy (non-hydrogen) atoms. The van der Waals surface area contributed by atoms with Gasteiger partial charge in [-0.25, -0.2) is 0 Å². The molecule has 1 nitrogen and oxygen atoms in total. The number of rotatable bonds is 1. The third kappa shape index (κ3) is 1.82. The maximum absolute atomic E-state index is 12.3. The van der Waals surface area contributed by atoms with Gasteiger partial charge in [-0.3, -0.25) is 4.79 Å². The van der Waals surface area contributed by atoms with Crippen molar-refractivity contribution in [1.82, 2.24) is 0 Å². The molecular formula is C21H18O. The molecule has 0 spiro atoms. The van der Waals surface area contributed by atoms with Gasteiger partial charge in [0, 0.05) is 11.5 Å². The lowest BCUT2D eigenvalue weighted by molar-refractivity contribution is 0.0946. The summed E-state index contributed by atoms with van der Waals surface area (Å²) in [6.45, 7) is 4.17. The molecule has 0 amide bonds. The molecule has 3 aromatic rings. The molecule has 0 saturated carbocycles. The van der Waals surface area contributed by atoms with Gasteiger partial charge in [0.1, 0.15) is 0 Å². The van der Waals surface area contributed by atoms with E-state index in [1.54, 1.807) is 0 Å². The highest BCUT2D eigenvalue weighted by Gasteiger charge is 2.29. The summed E-state index contributed by atoms with van der Waals surface area (Å²) in [7, 11) is 0. The largest absolute Gasteiger partial charge is 0.294 e. The second-order valence-electron chi connectivity index (χ2n) is 6.28.